The third-order valence-corrected chi connectivity index (χ3v) is 5.32. The van der Waals surface area contributed by atoms with Crippen LogP contribution in [0, 0.1) is 12.7 Å². The summed E-state index contributed by atoms with van der Waals surface area (Å²) in [7, 11) is 3.40. The van der Waals surface area contributed by atoms with Crippen LogP contribution in [-0.4, -0.2) is 58.2 Å². The minimum atomic E-state index is -0.380. The molecule has 0 bridgehead atoms. The quantitative estimate of drug-likeness (QED) is 0.359. The summed E-state index contributed by atoms with van der Waals surface area (Å²) in [5.74, 6) is 0.873. The highest BCUT2D eigenvalue weighted by molar-refractivity contribution is 5.94. The molecule has 3 rings (SSSR count). The molecule has 31 heavy (non-hydrogen) atoms. The van der Waals surface area contributed by atoms with Crippen LogP contribution in [0.5, 0.6) is 5.75 Å². The monoisotopic (exact) mass is 427 g/mol. The van der Waals surface area contributed by atoms with E-state index in [4.69, 9.17) is 4.74 Å². The topological polar surface area (TPSA) is 78.0 Å². The van der Waals surface area contributed by atoms with Crippen LogP contribution in [0.4, 0.5) is 10.1 Å². The van der Waals surface area contributed by atoms with Crippen LogP contribution in [0.1, 0.15) is 22.3 Å². The van der Waals surface area contributed by atoms with Gasteiger partial charge in [0.05, 0.1) is 12.8 Å². The van der Waals surface area contributed by atoms with E-state index < -0.39 is 0 Å². The molecule has 0 aromatic heterocycles. The molecule has 2 aromatic carbocycles. The molecule has 0 aliphatic carbocycles. The molecule has 3 N–H and O–H groups in total. The average molecular weight is 428 g/mol. The van der Waals surface area contributed by atoms with Gasteiger partial charge in [0.25, 0.3) is 5.91 Å². The van der Waals surface area contributed by atoms with Crippen LogP contribution >= 0.6 is 0 Å². The van der Waals surface area contributed by atoms with E-state index in [1.165, 1.54) is 6.07 Å². The molecule has 1 heterocycles. The van der Waals surface area contributed by atoms with E-state index in [0.29, 0.717) is 30.2 Å². The normalized spacial score (nSPS) is 16.2. The molecule has 2 aromatic rings. The third-order valence-electron chi connectivity index (χ3n) is 5.32. The van der Waals surface area contributed by atoms with Crippen LogP contribution in [0.2, 0.25) is 0 Å². The molecule has 1 saturated heterocycles. The number of rotatable bonds is 7. The van der Waals surface area contributed by atoms with E-state index in [9.17, 15) is 9.18 Å². The summed E-state index contributed by atoms with van der Waals surface area (Å²) in [6.45, 7) is 4.34. The van der Waals surface area contributed by atoms with Crippen LogP contribution < -0.4 is 25.6 Å². The zero-order valence-corrected chi connectivity index (χ0v) is 18.2. The lowest BCUT2D eigenvalue weighted by Gasteiger charge is -2.22. The molecule has 1 unspecified atom stereocenters. The summed E-state index contributed by atoms with van der Waals surface area (Å²) in [5.41, 5.74) is 1.92. The summed E-state index contributed by atoms with van der Waals surface area (Å²) in [6, 6.07) is 12.7. The second kappa shape index (κ2) is 10.7. The van der Waals surface area contributed by atoms with Crippen molar-refractivity contribution in [2.24, 2.45) is 4.99 Å². The lowest BCUT2D eigenvalue weighted by atomic mass is 10.1. The zero-order valence-electron chi connectivity index (χ0n) is 18.2. The second-order valence-electron chi connectivity index (χ2n) is 7.47. The first kappa shape index (κ1) is 22.4. The van der Waals surface area contributed by atoms with E-state index >= 15 is 0 Å². The number of methoxy groups -OCH3 is 1. The first-order chi connectivity index (χ1) is 15.0. The summed E-state index contributed by atoms with van der Waals surface area (Å²) in [5, 5.41) is 9.43. The Morgan fingerprint density at radius 1 is 1.23 bits per heavy atom. The van der Waals surface area contributed by atoms with E-state index in [2.05, 4.69) is 31.9 Å². The van der Waals surface area contributed by atoms with Crippen molar-refractivity contribution >= 4 is 17.6 Å². The number of hydrogen-bond donors (Lipinski definition) is 3. The van der Waals surface area contributed by atoms with Gasteiger partial charge in [-0.3, -0.25) is 9.79 Å². The van der Waals surface area contributed by atoms with Gasteiger partial charge in [-0.1, -0.05) is 18.2 Å². The lowest BCUT2D eigenvalue weighted by Crippen LogP contribution is -2.46. The predicted molar refractivity (Wildman–Crippen MR) is 122 cm³/mol. The number of carbonyl (C=O) groups excluding carboxylic acids is 1. The fourth-order valence-corrected chi connectivity index (χ4v) is 3.57. The van der Waals surface area contributed by atoms with Crippen molar-refractivity contribution in [1.29, 1.82) is 0 Å². The van der Waals surface area contributed by atoms with Crippen molar-refractivity contribution in [2.75, 3.05) is 45.2 Å². The number of carbonyl (C=O) groups is 1. The first-order valence-electron chi connectivity index (χ1n) is 10.4. The smallest absolute Gasteiger partial charge is 0.251 e. The molecule has 166 valence electrons. The van der Waals surface area contributed by atoms with E-state index in [1.54, 1.807) is 33.2 Å². The van der Waals surface area contributed by atoms with E-state index in [1.807, 2.05) is 18.2 Å². The Kier molecular flexibility index (Phi) is 7.70. The molecule has 7 nitrogen and oxygen atoms in total. The number of nitrogens with one attached hydrogen (secondary N) is 3. The Morgan fingerprint density at radius 3 is 2.74 bits per heavy atom. The van der Waals surface area contributed by atoms with Crippen molar-refractivity contribution in [1.82, 2.24) is 16.0 Å². The number of hydrogen-bond acceptors (Lipinski definition) is 4. The van der Waals surface area contributed by atoms with Crippen molar-refractivity contribution in [3.63, 3.8) is 0 Å². The number of aryl methyl sites for hydroxylation is 1. The SMILES string of the molecule is CN=C(NCCNC(=O)c1ccc(C)c(F)c1)NC1CCN(c2ccccc2OC)C1. The molecule has 1 aliphatic heterocycles. The Morgan fingerprint density at radius 2 is 2.00 bits per heavy atom. The van der Waals surface area contributed by atoms with Gasteiger partial charge in [0.15, 0.2) is 5.96 Å². The largest absolute Gasteiger partial charge is 0.495 e. The molecule has 1 amide bonds. The summed E-state index contributed by atoms with van der Waals surface area (Å²) < 4.78 is 19.1. The molecule has 1 aliphatic rings. The first-order valence-corrected chi connectivity index (χ1v) is 10.4. The lowest BCUT2D eigenvalue weighted by molar-refractivity contribution is 0.0954. The van der Waals surface area contributed by atoms with Gasteiger partial charge in [-0.05, 0) is 43.2 Å². The van der Waals surface area contributed by atoms with Crippen LogP contribution in [0.3, 0.4) is 0 Å². The van der Waals surface area contributed by atoms with Crippen molar-refractivity contribution in [3.05, 3.63) is 59.4 Å². The van der Waals surface area contributed by atoms with Crippen LogP contribution in [0.15, 0.2) is 47.5 Å². The molecular weight excluding hydrogens is 397 g/mol. The summed E-state index contributed by atoms with van der Waals surface area (Å²) in [4.78, 5) is 18.7. The second-order valence-corrected chi connectivity index (χ2v) is 7.47. The van der Waals surface area contributed by atoms with Crippen LogP contribution in [0.25, 0.3) is 0 Å². The van der Waals surface area contributed by atoms with Gasteiger partial charge >= 0.3 is 0 Å². The molecule has 0 saturated carbocycles. The summed E-state index contributed by atoms with van der Waals surface area (Å²) >= 11 is 0. The standard InChI is InChI=1S/C23H30FN5O2/c1-16-8-9-17(14-19(16)24)22(30)26-11-12-27-23(25-2)28-18-10-13-29(15-18)20-6-4-5-7-21(20)31-3/h4-9,14,18H,10-13,15H2,1-3H3,(H,26,30)(H2,25,27,28). The third kappa shape index (κ3) is 5.87. The van der Waals surface area contributed by atoms with Gasteiger partial charge < -0.3 is 25.6 Å². The molecule has 8 heteroatoms. The fourth-order valence-electron chi connectivity index (χ4n) is 3.57. The minimum Gasteiger partial charge on any atom is -0.495 e. The molecular formula is C23H30FN5O2. The van der Waals surface area contributed by atoms with Crippen molar-refractivity contribution in [2.45, 2.75) is 19.4 Å². The number of halogens is 1. The molecule has 1 fully saturated rings. The Hall–Kier alpha value is -3.29. The number of nitrogens with zero attached hydrogens (tertiary/aromatic N) is 2. The van der Waals surface area contributed by atoms with Crippen LogP contribution in [-0.2, 0) is 0 Å². The molecule has 0 radical (unpaired) electrons. The van der Waals surface area contributed by atoms with E-state index in [0.717, 1.165) is 30.9 Å². The highest BCUT2D eigenvalue weighted by Crippen LogP contribution is 2.30. The van der Waals surface area contributed by atoms with Crippen molar-refractivity contribution in [3.8, 4) is 5.75 Å². The van der Waals surface area contributed by atoms with Gasteiger partial charge in [0.2, 0.25) is 0 Å². The van der Waals surface area contributed by atoms with Gasteiger partial charge in [0.1, 0.15) is 11.6 Å². The number of ether oxygens (including phenoxy) is 1. The number of anilines is 1. The van der Waals surface area contributed by atoms with Gasteiger partial charge in [-0.2, -0.15) is 0 Å². The molecule has 0 spiro atoms. The number of aliphatic imine (C=N–C) groups is 1. The number of amides is 1. The highest BCUT2D eigenvalue weighted by atomic mass is 19.1. The Labute approximate surface area is 182 Å². The van der Waals surface area contributed by atoms with Gasteiger partial charge in [-0.25, -0.2) is 4.39 Å². The van der Waals surface area contributed by atoms with E-state index in [-0.39, 0.29) is 17.8 Å². The Bertz CT molecular complexity index is 934. The predicted octanol–water partition coefficient (Wildman–Crippen LogP) is 2.32. The number of benzene rings is 2. The molecule has 1 atom stereocenters. The fraction of sp³-hybridized carbons (Fsp3) is 0.391. The summed E-state index contributed by atoms with van der Waals surface area (Å²) in [6.07, 6.45) is 0.981. The van der Waals surface area contributed by atoms with Gasteiger partial charge in [-0.15, -0.1) is 0 Å². The Balaban J connectivity index is 1.43. The number of para-hydroxylation sites is 2. The maximum absolute atomic E-state index is 13.6. The van der Waals surface area contributed by atoms with Gasteiger partial charge in [0, 0.05) is 44.8 Å². The highest BCUT2D eigenvalue weighted by Gasteiger charge is 2.25. The maximum Gasteiger partial charge on any atom is 0.251 e. The van der Waals surface area contributed by atoms with Crippen molar-refractivity contribution < 1.29 is 13.9 Å². The maximum atomic E-state index is 13.6. The number of guanidine groups is 1. The average Bonchev–Trinajstić information content (AvgIpc) is 3.25. The zero-order chi connectivity index (χ0) is 22.2. The minimum absolute atomic E-state index is 0.251.